The Labute approximate surface area is 424 Å². The number of aliphatic hydroxyl groups excluding tert-OH is 1. The molecule has 3 unspecified atom stereocenters. The van der Waals surface area contributed by atoms with Crippen LogP contribution in [0.1, 0.15) is 309 Å². The Hall–Kier alpha value is -0.760. The Kier molecular flexibility index (Phi) is 50.6. The summed E-state index contributed by atoms with van der Waals surface area (Å²) in [7, 11) is 1.27. The van der Waals surface area contributed by atoms with Crippen LogP contribution in [-0.2, 0) is 18.4 Å². The van der Waals surface area contributed by atoms with Crippen LogP contribution in [0.5, 0.6) is 0 Å². The summed E-state index contributed by atoms with van der Waals surface area (Å²) in [6, 6.07) is -0.879. The Balaban J connectivity index is 3.68. The van der Waals surface area contributed by atoms with Crippen molar-refractivity contribution in [1.82, 2.24) is 5.32 Å². The lowest BCUT2D eigenvalue weighted by molar-refractivity contribution is -0.870. The number of nitrogens with one attached hydrogen (secondary N) is 1. The van der Waals surface area contributed by atoms with Gasteiger partial charge in [-0.3, -0.25) is 9.36 Å². The predicted molar refractivity (Wildman–Crippen MR) is 293 cm³/mol. The Morgan fingerprint density at radius 3 is 1.10 bits per heavy atom. The van der Waals surface area contributed by atoms with Gasteiger partial charge in [-0.2, -0.15) is 0 Å². The van der Waals surface area contributed by atoms with Crippen LogP contribution in [0.3, 0.4) is 0 Å². The van der Waals surface area contributed by atoms with E-state index in [0.29, 0.717) is 17.4 Å². The number of hydrogen-bond acceptors (Lipinski definition) is 6. The Morgan fingerprint density at radius 2 is 0.794 bits per heavy atom. The van der Waals surface area contributed by atoms with Crippen molar-refractivity contribution < 1.29 is 32.9 Å². The minimum Gasteiger partial charge on any atom is -0.756 e. The van der Waals surface area contributed by atoms with Gasteiger partial charge in [-0.1, -0.05) is 296 Å². The van der Waals surface area contributed by atoms with Gasteiger partial charge in [0.1, 0.15) is 13.2 Å². The fraction of sp³-hybridized carbons (Fsp3) is 0.949. The van der Waals surface area contributed by atoms with Gasteiger partial charge in [0.05, 0.1) is 39.9 Å². The standard InChI is InChI=1S/C59H119N2O6P/c1-6-8-10-12-14-15-16-17-18-19-20-21-22-23-24-25-26-27-28-29-30-31-32-33-34-35-36-37-38-39-40-41-42-43-44-45-47-49-51-53-59(63)60-57(58(62)52-50-48-46-13-11-9-7-2)56-67-68(64,65)66-55-54-61(3,4)5/h50,52,57-58,62H,6-49,51,53-56H2,1-5H3,(H-,60,63,64,65)/b52-50+. The fourth-order valence-corrected chi connectivity index (χ4v) is 10.00. The molecule has 0 saturated carbocycles. The molecule has 0 aliphatic heterocycles. The summed E-state index contributed by atoms with van der Waals surface area (Å²) in [5.74, 6) is -0.196. The first-order valence-electron chi connectivity index (χ1n) is 30.1. The molecule has 0 aromatic rings. The van der Waals surface area contributed by atoms with Crippen LogP contribution >= 0.6 is 7.82 Å². The number of rotatable bonds is 56. The van der Waals surface area contributed by atoms with Gasteiger partial charge in [0.2, 0.25) is 5.91 Å². The van der Waals surface area contributed by atoms with E-state index in [0.717, 1.165) is 38.5 Å². The fourth-order valence-electron chi connectivity index (χ4n) is 9.27. The van der Waals surface area contributed by atoms with Crippen LogP contribution in [0.2, 0.25) is 0 Å². The quantitative estimate of drug-likeness (QED) is 0.0272. The van der Waals surface area contributed by atoms with Crippen molar-refractivity contribution in [2.75, 3.05) is 40.9 Å². The third kappa shape index (κ3) is 53.0. The molecule has 406 valence electrons. The van der Waals surface area contributed by atoms with E-state index in [1.807, 2.05) is 27.2 Å². The molecule has 0 aliphatic rings. The molecule has 0 aliphatic carbocycles. The van der Waals surface area contributed by atoms with Crippen molar-refractivity contribution in [2.45, 2.75) is 321 Å². The van der Waals surface area contributed by atoms with Crippen LogP contribution in [0, 0.1) is 0 Å². The van der Waals surface area contributed by atoms with Gasteiger partial charge in [0.15, 0.2) is 0 Å². The normalized spacial score (nSPS) is 13.9. The van der Waals surface area contributed by atoms with Crippen molar-refractivity contribution in [2.24, 2.45) is 0 Å². The van der Waals surface area contributed by atoms with Crippen LogP contribution in [-0.4, -0.2) is 68.5 Å². The van der Waals surface area contributed by atoms with E-state index in [-0.39, 0.29) is 19.1 Å². The molecular formula is C59H119N2O6P. The zero-order valence-electron chi connectivity index (χ0n) is 46.3. The maximum absolute atomic E-state index is 12.8. The summed E-state index contributed by atoms with van der Waals surface area (Å²) in [4.78, 5) is 25.3. The highest BCUT2D eigenvalue weighted by molar-refractivity contribution is 7.45. The summed E-state index contributed by atoms with van der Waals surface area (Å²) in [5.41, 5.74) is 0. The monoisotopic (exact) mass is 983 g/mol. The van der Waals surface area contributed by atoms with Gasteiger partial charge >= 0.3 is 0 Å². The number of phosphoric acid groups is 1. The molecule has 0 spiro atoms. The summed E-state index contributed by atoms with van der Waals surface area (Å²) in [6.45, 7) is 4.62. The zero-order chi connectivity index (χ0) is 49.9. The Morgan fingerprint density at radius 1 is 0.500 bits per heavy atom. The lowest BCUT2D eigenvalue weighted by Crippen LogP contribution is -2.45. The van der Waals surface area contributed by atoms with Gasteiger partial charge in [-0.25, -0.2) is 0 Å². The number of carbonyl (C=O) groups is 1. The highest BCUT2D eigenvalue weighted by Gasteiger charge is 2.23. The van der Waals surface area contributed by atoms with Crippen molar-refractivity contribution in [3.63, 3.8) is 0 Å². The van der Waals surface area contributed by atoms with Crippen molar-refractivity contribution in [3.05, 3.63) is 12.2 Å². The molecule has 1 amide bonds. The molecule has 0 aromatic carbocycles. The second kappa shape index (κ2) is 51.2. The number of unbranched alkanes of at least 4 members (excludes halogenated alkanes) is 43. The predicted octanol–water partition coefficient (Wildman–Crippen LogP) is 17.6. The molecular weight excluding hydrogens is 864 g/mol. The first-order chi connectivity index (χ1) is 33.0. The van der Waals surface area contributed by atoms with Crippen LogP contribution in [0.4, 0.5) is 0 Å². The van der Waals surface area contributed by atoms with E-state index in [4.69, 9.17) is 9.05 Å². The van der Waals surface area contributed by atoms with E-state index in [1.165, 1.54) is 250 Å². The van der Waals surface area contributed by atoms with E-state index in [9.17, 15) is 19.4 Å². The molecule has 8 nitrogen and oxygen atoms in total. The molecule has 0 bridgehead atoms. The smallest absolute Gasteiger partial charge is 0.268 e. The molecule has 0 heterocycles. The van der Waals surface area contributed by atoms with Crippen LogP contribution in [0.15, 0.2) is 12.2 Å². The average molecular weight is 984 g/mol. The third-order valence-corrected chi connectivity index (χ3v) is 15.0. The number of phosphoric ester groups is 1. The molecule has 68 heavy (non-hydrogen) atoms. The largest absolute Gasteiger partial charge is 0.756 e. The lowest BCUT2D eigenvalue weighted by Gasteiger charge is -2.29. The lowest BCUT2D eigenvalue weighted by atomic mass is 10.0. The minimum atomic E-state index is -4.58. The average Bonchev–Trinajstić information content (AvgIpc) is 3.30. The molecule has 0 fully saturated rings. The molecule has 3 atom stereocenters. The van der Waals surface area contributed by atoms with Crippen LogP contribution < -0.4 is 10.2 Å². The second-order valence-electron chi connectivity index (χ2n) is 22.1. The Bertz CT molecular complexity index is 1120. The van der Waals surface area contributed by atoms with Crippen LogP contribution in [0.25, 0.3) is 0 Å². The third-order valence-electron chi connectivity index (χ3n) is 14.0. The zero-order valence-corrected chi connectivity index (χ0v) is 47.2. The number of quaternary nitrogens is 1. The maximum Gasteiger partial charge on any atom is 0.268 e. The summed E-state index contributed by atoms with van der Waals surface area (Å²) < 4.78 is 23.2. The minimum absolute atomic E-state index is 0.00157. The van der Waals surface area contributed by atoms with Crippen molar-refractivity contribution in [1.29, 1.82) is 0 Å². The number of carbonyl (C=O) groups excluding carboxylic acids is 1. The number of nitrogens with zero attached hydrogens (tertiary/aromatic N) is 1. The summed E-state index contributed by atoms with van der Waals surface area (Å²) in [6.07, 6.45) is 63.7. The molecule has 0 rings (SSSR count). The van der Waals surface area contributed by atoms with E-state index < -0.39 is 20.0 Å². The van der Waals surface area contributed by atoms with Gasteiger partial charge in [-0.05, 0) is 19.3 Å². The van der Waals surface area contributed by atoms with E-state index >= 15 is 0 Å². The highest BCUT2D eigenvalue weighted by atomic mass is 31.2. The molecule has 0 saturated heterocycles. The van der Waals surface area contributed by atoms with Gasteiger partial charge in [-0.15, -0.1) is 0 Å². The first-order valence-corrected chi connectivity index (χ1v) is 31.5. The second-order valence-corrected chi connectivity index (χ2v) is 23.5. The molecule has 9 heteroatoms. The van der Waals surface area contributed by atoms with Crippen molar-refractivity contribution in [3.8, 4) is 0 Å². The summed E-state index contributed by atoms with van der Waals surface area (Å²) >= 11 is 0. The summed E-state index contributed by atoms with van der Waals surface area (Å²) in [5, 5.41) is 13.7. The number of aliphatic hydroxyl groups is 1. The SMILES string of the molecule is CCCCCCC/C=C/C(O)C(COP(=O)([O-])OCC[N+](C)(C)C)NC(=O)CCCCCCCCCCCCCCCCCCCCCCCCCCCCCCCCCCCCCCCCC. The number of allylic oxidation sites excluding steroid dienone is 1. The number of hydrogen-bond donors (Lipinski definition) is 2. The van der Waals surface area contributed by atoms with E-state index in [1.54, 1.807) is 6.08 Å². The van der Waals surface area contributed by atoms with Gasteiger partial charge in [0, 0.05) is 6.42 Å². The maximum atomic E-state index is 12.8. The van der Waals surface area contributed by atoms with Crippen molar-refractivity contribution >= 4 is 13.7 Å². The molecule has 2 N–H and O–H groups in total. The topological polar surface area (TPSA) is 108 Å². The first kappa shape index (κ1) is 67.2. The molecule has 0 radical (unpaired) electrons. The van der Waals surface area contributed by atoms with Gasteiger partial charge in [0.25, 0.3) is 7.82 Å². The highest BCUT2D eigenvalue weighted by Crippen LogP contribution is 2.38. The van der Waals surface area contributed by atoms with E-state index in [2.05, 4.69) is 19.2 Å². The van der Waals surface area contributed by atoms with Gasteiger partial charge < -0.3 is 28.8 Å². The molecule has 0 aromatic heterocycles. The number of amides is 1. The number of likely N-dealkylation sites (N-methyl/N-ethyl adjacent to an activating group) is 1.